The van der Waals surface area contributed by atoms with E-state index in [4.69, 9.17) is 42.2 Å². The molecule has 1 aromatic heterocycles. The van der Waals surface area contributed by atoms with Gasteiger partial charge in [-0.05, 0) is 48.0 Å². The summed E-state index contributed by atoms with van der Waals surface area (Å²) in [5.74, 6) is 0.0876. The van der Waals surface area contributed by atoms with Crippen LogP contribution < -0.4 is 9.47 Å². The van der Waals surface area contributed by atoms with Crippen molar-refractivity contribution in [3.05, 3.63) is 75.7 Å². The molecule has 0 saturated heterocycles. The Bertz CT molecular complexity index is 1030. The van der Waals surface area contributed by atoms with Crippen LogP contribution in [0.15, 0.2) is 57.9 Å². The maximum absolute atomic E-state index is 10.8. The van der Waals surface area contributed by atoms with Gasteiger partial charge in [-0.15, -0.1) is 0 Å². The van der Waals surface area contributed by atoms with Crippen LogP contribution in [-0.2, 0) is 6.61 Å². The second-order valence-electron chi connectivity index (χ2n) is 5.60. The van der Waals surface area contributed by atoms with Crippen LogP contribution in [0, 0.1) is 0 Å². The van der Waals surface area contributed by atoms with Gasteiger partial charge in [0, 0.05) is 6.21 Å². The molecule has 1 heterocycles. The average Bonchev–Trinajstić information content (AvgIpc) is 3.17. The van der Waals surface area contributed by atoms with Crippen LogP contribution in [0.25, 0.3) is 0 Å². The van der Waals surface area contributed by atoms with E-state index in [1.807, 2.05) is 0 Å². The van der Waals surface area contributed by atoms with E-state index in [1.165, 1.54) is 13.2 Å². The molecular weight excluding hydrogens is 405 g/mol. The predicted molar refractivity (Wildman–Crippen MR) is 107 cm³/mol. The number of benzene rings is 2. The fourth-order valence-electron chi connectivity index (χ4n) is 2.34. The molecule has 0 spiro atoms. The second kappa shape index (κ2) is 8.82. The van der Waals surface area contributed by atoms with E-state index >= 15 is 0 Å². The van der Waals surface area contributed by atoms with Gasteiger partial charge in [0.25, 0.3) is 0 Å². The second-order valence-corrected chi connectivity index (χ2v) is 6.39. The zero-order valence-corrected chi connectivity index (χ0v) is 16.2. The number of halogens is 2. The van der Waals surface area contributed by atoms with Crippen LogP contribution in [0.2, 0.25) is 10.0 Å². The van der Waals surface area contributed by atoms with Crippen molar-refractivity contribution < 1.29 is 23.8 Å². The number of furan rings is 1. The number of hydrogen-bond donors (Lipinski definition) is 1. The molecule has 0 unspecified atom stereocenters. The van der Waals surface area contributed by atoms with E-state index in [0.717, 1.165) is 5.56 Å². The fraction of sp³-hybridized carbons (Fsp3) is 0.100. The van der Waals surface area contributed by atoms with Crippen molar-refractivity contribution in [2.24, 2.45) is 4.99 Å². The van der Waals surface area contributed by atoms with Crippen LogP contribution in [0.4, 0.5) is 5.69 Å². The third-order valence-corrected chi connectivity index (χ3v) is 4.52. The summed E-state index contributed by atoms with van der Waals surface area (Å²) < 4.78 is 16.2. The monoisotopic (exact) mass is 419 g/mol. The Labute approximate surface area is 170 Å². The Morgan fingerprint density at radius 2 is 2.00 bits per heavy atom. The largest absolute Gasteiger partial charge is 0.493 e. The molecule has 0 bridgehead atoms. The summed E-state index contributed by atoms with van der Waals surface area (Å²) in [4.78, 5) is 15.2. The molecule has 0 aliphatic rings. The molecule has 0 atom stereocenters. The Morgan fingerprint density at radius 3 is 2.71 bits per heavy atom. The van der Waals surface area contributed by atoms with Gasteiger partial charge in [0.2, 0.25) is 5.76 Å². The number of carboxylic acids is 1. The first kappa shape index (κ1) is 19.8. The van der Waals surface area contributed by atoms with Crippen LogP contribution in [0.5, 0.6) is 11.5 Å². The van der Waals surface area contributed by atoms with Crippen molar-refractivity contribution in [2.75, 3.05) is 7.11 Å². The van der Waals surface area contributed by atoms with Gasteiger partial charge in [0.15, 0.2) is 11.5 Å². The minimum absolute atomic E-state index is 0.0647. The molecule has 0 aliphatic heterocycles. The smallest absolute Gasteiger partial charge is 0.371 e. The molecule has 1 N–H and O–H groups in total. The van der Waals surface area contributed by atoms with E-state index in [9.17, 15) is 4.79 Å². The Morgan fingerprint density at radius 1 is 1.18 bits per heavy atom. The molecule has 2 aromatic carbocycles. The van der Waals surface area contributed by atoms with Crippen molar-refractivity contribution in [3.8, 4) is 11.5 Å². The summed E-state index contributed by atoms with van der Waals surface area (Å²) in [7, 11) is 1.52. The number of methoxy groups -OCH3 is 1. The maximum Gasteiger partial charge on any atom is 0.371 e. The Kier molecular flexibility index (Phi) is 6.23. The van der Waals surface area contributed by atoms with E-state index in [0.29, 0.717) is 33.0 Å². The molecule has 6 nitrogen and oxygen atoms in total. The summed E-state index contributed by atoms with van der Waals surface area (Å²) in [6.45, 7) is 0.0647. The van der Waals surface area contributed by atoms with Gasteiger partial charge in [-0.1, -0.05) is 29.3 Å². The van der Waals surface area contributed by atoms with Crippen LogP contribution in [-0.4, -0.2) is 24.4 Å². The first-order valence-electron chi connectivity index (χ1n) is 8.09. The molecule has 144 valence electrons. The minimum Gasteiger partial charge on any atom is -0.493 e. The molecule has 0 amide bonds. The summed E-state index contributed by atoms with van der Waals surface area (Å²) in [5.41, 5.74) is 1.33. The highest BCUT2D eigenvalue weighted by atomic mass is 35.5. The number of hydrogen-bond acceptors (Lipinski definition) is 5. The minimum atomic E-state index is -1.13. The van der Waals surface area contributed by atoms with Crippen LogP contribution in [0.1, 0.15) is 21.9 Å². The average molecular weight is 420 g/mol. The SMILES string of the molecule is COc1cc(C=Nc2cccc(Cl)c2Cl)ccc1OCc1ccc(C(=O)O)o1. The van der Waals surface area contributed by atoms with Crippen molar-refractivity contribution >= 4 is 41.1 Å². The molecule has 0 aliphatic carbocycles. The first-order valence-corrected chi connectivity index (χ1v) is 8.84. The topological polar surface area (TPSA) is 81.3 Å². The normalized spacial score (nSPS) is 11.0. The number of rotatable bonds is 7. The van der Waals surface area contributed by atoms with Crippen LogP contribution in [0.3, 0.4) is 0 Å². The number of aromatic carboxylic acids is 1. The zero-order chi connectivity index (χ0) is 20.1. The fourth-order valence-corrected chi connectivity index (χ4v) is 2.68. The van der Waals surface area contributed by atoms with Gasteiger partial charge >= 0.3 is 5.97 Å². The lowest BCUT2D eigenvalue weighted by Gasteiger charge is -2.10. The lowest BCUT2D eigenvalue weighted by molar-refractivity contribution is 0.0658. The van der Waals surface area contributed by atoms with Gasteiger partial charge in [-0.3, -0.25) is 4.99 Å². The van der Waals surface area contributed by atoms with Crippen molar-refractivity contribution in [1.82, 2.24) is 0 Å². The highest BCUT2D eigenvalue weighted by Gasteiger charge is 2.11. The molecule has 0 radical (unpaired) electrons. The number of nitrogens with zero attached hydrogens (tertiary/aromatic N) is 1. The number of carboxylic acid groups (broad SMARTS) is 1. The first-order chi connectivity index (χ1) is 13.5. The Balaban J connectivity index is 1.73. The molecular formula is C20H15Cl2NO5. The summed E-state index contributed by atoms with van der Waals surface area (Å²) in [6, 6.07) is 13.4. The summed E-state index contributed by atoms with van der Waals surface area (Å²) in [6.07, 6.45) is 1.63. The van der Waals surface area contributed by atoms with Gasteiger partial charge in [0.1, 0.15) is 12.4 Å². The lowest BCUT2D eigenvalue weighted by Crippen LogP contribution is -1.98. The Hall–Kier alpha value is -2.96. The van der Waals surface area contributed by atoms with Gasteiger partial charge in [-0.25, -0.2) is 4.79 Å². The van der Waals surface area contributed by atoms with E-state index < -0.39 is 5.97 Å². The van der Waals surface area contributed by atoms with Gasteiger partial charge in [0.05, 0.1) is 22.8 Å². The summed E-state index contributed by atoms with van der Waals surface area (Å²) >= 11 is 12.1. The van der Waals surface area contributed by atoms with E-state index in [2.05, 4.69) is 4.99 Å². The van der Waals surface area contributed by atoms with Crippen LogP contribution >= 0.6 is 23.2 Å². The zero-order valence-electron chi connectivity index (χ0n) is 14.7. The van der Waals surface area contributed by atoms with Crippen molar-refractivity contribution in [3.63, 3.8) is 0 Å². The molecule has 3 rings (SSSR count). The highest BCUT2D eigenvalue weighted by Crippen LogP contribution is 2.32. The third-order valence-electron chi connectivity index (χ3n) is 3.71. The predicted octanol–water partition coefficient (Wildman–Crippen LogP) is 5.62. The summed E-state index contributed by atoms with van der Waals surface area (Å²) in [5, 5.41) is 9.69. The van der Waals surface area contributed by atoms with E-state index in [1.54, 1.807) is 48.7 Å². The lowest BCUT2D eigenvalue weighted by atomic mass is 10.2. The molecule has 0 saturated carbocycles. The number of aliphatic imine (C=N–C) groups is 1. The molecule has 0 fully saturated rings. The quantitative estimate of drug-likeness (QED) is 0.502. The molecule has 28 heavy (non-hydrogen) atoms. The molecule has 8 heteroatoms. The standard InChI is InChI=1S/C20H15Cl2NO5/c1-26-18-9-12(10-23-15-4-2-3-14(21)19(15)22)5-7-16(18)27-11-13-6-8-17(28-13)20(24)25/h2-10H,11H2,1H3,(H,24,25). The maximum atomic E-state index is 10.8. The van der Waals surface area contributed by atoms with E-state index in [-0.39, 0.29) is 12.4 Å². The van der Waals surface area contributed by atoms with Gasteiger partial charge in [-0.2, -0.15) is 0 Å². The third kappa shape index (κ3) is 4.65. The number of carbonyl (C=O) groups is 1. The van der Waals surface area contributed by atoms with Crippen molar-refractivity contribution in [2.45, 2.75) is 6.61 Å². The highest BCUT2D eigenvalue weighted by molar-refractivity contribution is 6.43. The number of ether oxygens (including phenoxy) is 2. The molecule has 3 aromatic rings. The van der Waals surface area contributed by atoms with Gasteiger partial charge < -0.3 is 19.0 Å². The van der Waals surface area contributed by atoms with Crippen molar-refractivity contribution in [1.29, 1.82) is 0 Å².